The van der Waals surface area contributed by atoms with Crippen LogP contribution in [-0.2, 0) is 38.0 Å². The molecule has 1 unspecified atom stereocenters. The quantitative estimate of drug-likeness (QED) is 0.337. The van der Waals surface area contributed by atoms with E-state index in [2.05, 4.69) is 32.4 Å². The number of aliphatic carboxylic acids is 1. The van der Waals surface area contributed by atoms with Crippen molar-refractivity contribution in [3.8, 4) is 0 Å². The summed E-state index contributed by atoms with van der Waals surface area (Å²) < 4.78 is 8.84. The average Bonchev–Trinajstić information content (AvgIpc) is 3.17. The van der Waals surface area contributed by atoms with E-state index in [1.807, 2.05) is 38.1 Å². The van der Waals surface area contributed by atoms with Gasteiger partial charge < -0.3 is 25.5 Å². The second kappa shape index (κ2) is 12.6. The number of hydrogen-bond acceptors (Lipinski definition) is 7. The van der Waals surface area contributed by atoms with Gasteiger partial charge in [-0.3, -0.25) is 14.4 Å². The molecule has 36 heavy (non-hydrogen) atoms. The van der Waals surface area contributed by atoms with E-state index in [0.717, 1.165) is 16.5 Å². The van der Waals surface area contributed by atoms with Crippen molar-refractivity contribution in [3.63, 3.8) is 0 Å². The van der Waals surface area contributed by atoms with Crippen molar-refractivity contribution in [2.45, 2.75) is 77.6 Å². The summed E-state index contributed by atoms with van der Waals surface area (Å²) in [4.78, 5) is 53.3. The number of rotatable bonds is 12. The monoisotopic (exact) mass is 518 g/mol. The number of para-hydroxylation sites is 1. The molecule has 0 aliphatic carbocycles. The summed E-state index contributed by atoms with van der Waals surface area (Å²) in [5.74, 6) is -2.41. The van der Waals surface area contributed by atoms with Crippen LogP contribution < -0.4 is 10.6 Å². The van der Waals surface area contributed by atoms with Gasteiger partial charge in [0.25, 0.3) is 0 Å². The molecule has 0 radical (unpaired) electrons. The van der Waals surface area contributed by atoms with Crippen LogP contribution in [0.2, 0.25) is 0 Å². The molecule has 3 atom stereocenters. The van der Waals surface area contributed by atoms with Crippen LogP contribution in [-0.4, -0.2) is 57.6 Å². The number of carboxylic acid groups (broad SMARTS) is 1. The summed E-state index contributed by atoms with van der Waals surface area (Å²) in [5.41, 5.74) is 0.884. The predicted octanol–water partition coefficient (Wildman–Crippen LogP) is 3.28. The number of H-pyrrole nitrogens is 1. The minimum absolute atomic E-state index is 0.000678. The molecule has 0 aliphatic heterocycles. The molecule has 0 saturated carbocycles. The second-order valence-electron chi connectivity index (χ2n) is 10.1. The van der Waals surface area contributed by atoms with Crippen LogP contribution in [0.25, 0.3) is 10.9 Å². The first kappa shape index (κ1) is 28.9. The fourth-order valence-electron chi connectivity index (χ4n) is 3.76. The zero-order chi connectivity index (χ0) is 27.0. The summed E-state index contributed by atoms with van der Waals surface area (Å²) in [6.45, 7) is 8.86. The number of benzene rings is 1. The molecule has 196 valence electrons. The number of ketones is 1. The number of nitrogens with one attached hydrogen (secondary N) is 3. The molecular formula is C25H34N4O6S. The standard InChI is InChI=1S/C25H34N4O6S/c1-14(2)10-18(22(32)19(29-36)12-21(30)31)27-23(33)20(28-24(34)35-25(3,4)5)11-15-13-26-17-9-7-6-8-16(15)17/h6-9,13-14,18-20,26H,10-12H2,1-5H3,(H,27,33)(H,28,34)(H,30,31)/t18-,19?,20-/m0/s1. The van der Waals surface area contributed by atoms with Crippen LogP contribution in [0.5, 0.6) is 0 Å². The number of nitrogens with zero attached hydrogens (tertiary/aromatic N) is 1. The number of carbonyl (C=O) groups is 4. The van der Waals surface area contributed by atoms with Crippen LogP contribution in [0, 0.1) is 5.92 Å². The number of alkyl carbamates (subject to hydrolysis) is 1. The van der Waals surface area contributed by atoms with Gasteiger partial charge in [0.2, 0.25) is 5.91 Å². The maximum Gasteiger partial charge on any atom is 0.408 e. The van der Waals surface area contributed by atoms with Gasteiger partial charge in [0.1, 0.15) is 17.7 Å². The molecule has 0 bridgehead atoms. The molecule has 11 heteroatoms. The molecule has 2 rings (SSSR count). The Morgan fingerprint density at radius 1 is 1.11 bits per heavy atom. The Balaban J connectivity index is 2.32. The van der Waals surface area contributed by atoms with Crippen LogP contribution in [0.1, 0.15) is 53.0 Å². The lowest BCUT2D eigenvalue weighted by Crippen LogP contribution is -2.54. The molecule has 2 amide bonds. The average molecular weight is 519 g/mol. The van der Waals surface area contributed by atoms with Gasteiger partial charge >= 0.3 is 12.1 Å². The molecule has 0 saturated heterocycles. The molecule has 1 heterocycles. The smallest absolute Gasteiger partial charge is 0.408 e. The zero-order valence-electron chi connectivity index (χ0n) is 21.2. The molecule has 1 aromatic carbocycles. The number of aromatic amines is 1. The molecule has 0 aliphatic rings. The highest BCUT2D eigenvalue weighted by Gasteiger charge is 2.33. The molecular weight excluding hydrogens is 484 g/mol. The lowest BCUT2D eigenvalue weighted by Gasteiger charge is -2.26. The molecule has 1 aromatic heterocycles. The van der Waals surface area contributed by atoms with E-state index in [0.29, 0.717) is 0 Å². The van der Waals surface area contributed by atoms with E-state index in [1.54, 1.807) is 27.0 Å². The molecule has 2 aromatic rings. The van der Waals surface area contributed by atoms with E-state index in [-0.39, 0.29) is 18.8 Å². The van der Waals surface area contributed by atoms with Crippen molar-refractivity contribution >= 4 is 47.1 Å². The molecule has 10 nitrogen and oxygen atoms in total. The predicted molar refractivity (Wildman–Crippen MR) is 137 cm³/mol. The minimum Gasteiger partial charge on any atom is -0.481 e. The van der Waals surface area contributed by atoms with Gasteiger partial charge in [-0.05, 0) is 44.7 Å². The highest BCUT2D eigenvalue weighted by atomic mass is 32.1. The first-order chi connectivity index (χ1) is 16.8. The Bertz CT molecular complexity index is 1110. The van der Waals surface area contributed by atoms with Crippen molar-refractivity contribution in [3.05, 3.63) is 36.0 Å². The number of aromatic nitrogens is 1. The van der Waals surface area contributed by atoms with Gasteiger partial charge in [0, 0.05) is 35.9 Å². The Hall–Kier alpha value is -3.34. The van der Waals surface area contributed by atoms with Gasteiger partial charge in [-0.2, -0.15) is 0 Å². The summed E-state index contributed by atoms with van der Waals surface area (Å²) in [6, 6.07) is 4.18. The number of Topliss-reactive ketones (excluding diaryl/α,β-unsaturated/α-hetero) is 1. The summed E-state index contributed by atoms with van der Waals surface area (Å²) >= 11 is 4.65. The summed E-state index contributed by atoms with van der Waals surface area (Å²) in [6.07, 6.45) is 0.789. The summed E-state index contributed by atoms with van der Waals surface area (Å²) in [5, 5.41) is 15.3. The van der Waals surface area contributed by atoms with Crippen molar-refractivity contribution < 1.29 is 29.0 Å². The lowest BCUT2D eigenvalue weighted by molar-refractivity contribution is -0.139. The van der Waals surface area contributed by atoms with Gasteiger partial charge in [0.05, 0.1) is 12.5 Å². The largest absolute Gasteiger partial charge is 0.481 e. The lowest BCUT2D eigenvalue weighted by atomic mass is 9.94. The third-order valence-corrected chi connectivity index (χ3v) is 5.55. The number of amides is 2. The van der Waals surface area contributed by atoms with Crippen molar-refractivity contribution in [1.29, 1.82) is 0 Å². The third-order valence-electron chi connectivity index (χ3n) is 5.30. The summed E-state index contributed by atoms with van der Waals surface area (Å²) in [7, 11) is 0. The van der Waals surface area contributed by atoms with Crippen LogP contribution in [0.4, 0.5) is 4.79 Å². The van der Waals surface area contributed by atoms with Crippen molar-refractivity contribution in [2.75, 3.05) is 0 Å². The number of ether oxygens (including phenoxy) is 1. The Labute approximate surface area is 215 Å². The SMILES string of the molecule is CC(C)C[C@H](NC(=O)[C@H](Cc1c[nH]c2ccccc12)NC(=O)OC(C)(C)C)C(=O)C(CC(=O)O)N=S. The van der Waals surface area contributed by atoms with E-state index in [1.165, 1.54) is 0 Å². The fourth-order valence-corrected chi connectivity index (χ4v) is 3.94. The van der Waals surface area contributed by atoms with Gasteiger partial charge in [0.15, 0.2) is 5.78 Å². The van der Waals surface area contributed by atoms with E-state index in [4.69, 9.17) is 9.84 Å². The maximum atomic E-state index is 13.4. The zero-order valence-corrected chi connectivity index (χ0v) is 22.0. The number of carbonyl (C=O) groups excluding carboxylic acids is 3. The molecule has 0 spiro atoms. The van der Waals surface area contributed by atoms with Crippen molar-refractivity contribution in [2.24, 2.45) is 10.3 Å². The normalized spacial score (nSPS) is 14.1. The fraction of sp³-hybridized carbons (Fsp3) is 0.520. The third kappa shape index (κ3) is 8.71. The van der Waals surface area contributed by atoms with E-state index >= 15 is 0 Å². The van der Waals surface area contributed by atoms with Crippen LogP contribution >= 0.6 is 0 Å². The Morgan fingerprint density at radius 3 is 2.36 bits per heavy atom. The number of fused-ring (bicyclic) bond motifs is 1. The molecule has 0 fully saturated rings. The maximum absolute atomic E-state index is 13.4. The van der Waals surface area contributed by atoms with Crippen LogP contribution in [0.3, 0.4) is 0 Å². The van der Waals surface area contributed by atoms with Crippen LogP contribution in [0.15, 0.2) is 34.8 Å². The molecule has 4 N–H and O–H groups in total. The highest BCUT2D eigenvalue weighted by molar-refractivity contribution is 7.47. The van der Waals surface area contributed by atoms with Gasteiger partial charge in [-0.1, -0.05) is 32.0 Å². The first-order valence-corrected chi connectivity index (χ1v) is 12.1. The number of hydrogen-bond donors (Lipinski definition) is 4. The van der Waals surface area contributed by atoms with Gasteiger partial charge in [-0.15, -0.1) is 0 Å². The topological polar surface area (TPSA) is 150 Å². The van der Waals surface area contributed by atoms with E-state index < -0.39 is 53.9 Å². The Kier molecular flexibility index (Phi) is 10.1. The van der Waals surface area contributed by atoms with E-state index in [9.17, 15) is 19.2 Å². The number of carboxylic acids is 1. The minimum atomic E-state index is -1.27. The van der Waals surface area contributed by atoms with Crippen molar-refractivity contribution in [1.82, 2.24) is 15.6 Å². The second-order valence-corrected chi connectivity index (χ2v) is 10.3. The highest BCUT2D eigenvalue weighted by Crippen LogP contribution is 2.20. The Morgan fingerprint density at radius 2 is 1.78 bits per heavy atom. The first-order valence-electron chi connectivity index (χ1n) is 11.7. The van der Waals surface area contributed by atoms with Gasteiger partial charge in [-0.25, -0.2) is 9.16 Å².